The van der Waals surface area contributed by atoms with Gasteiger partial charge in [-0.15, -0.1) is 0 Å². The van der Waals surface area contributed by atoms with Crippen LogP contribution in [0, 0.1) is 5.92 Å². The molecule has 7 nitrogen and oxygen atoms in total. The van der Waals surface area contributed by atoms with E-state index >= 15 is 0 Å². The second-order valence-electron chi connectivity index (χ2n) is 2.97. The predicted octanol–water partition coefficient (Wildman–Crippen LogP) is -0.480. The van der Waals surface area contributed by atoms with E-state index < -0.39 is 24.6 Å². The number of ether oxygens (including phenoxy) is 2. The number of hydrogen-bond acceptors (Lipinski definition) is 5. The number of primary amides is 2. The molecule has 0 aliphatic rings. The predicted molar refractivity (Wildman–Crippen MR) is 46.0 cm³/mol. The minimum absolute atomic E-state index is 0.267. The van der Waals surface area contributed by atoms with Crippen LogP contribution in [-0.2, 0) is 9.47 Å². The van der Waals surface area contributed by atoms with Crippen LogP contribution in [0.4, 0.5) is 9.59 Å². The standard InChI is InChI=1S/C7H14N2O5/c1-3(2)4(13-6(8)11)5(10)14-7(9)12/h3-5,10H,1-2H3,(H2,8,11)(H2,9,12). The van der Waals surface area contributed by atoms with Crippen LogP contribution in [-0.4, -0.2) is 29.7 Å². The molecule has 0 bridgehead atoms. The van der Waals surface area contributed by atoms with E-state index in [1.165, 1.54) is 0 Å². The molecule has 2 atom stereocenters. The highest BCUT2D eigenvalue weighted by atomic mass is 16.7. The summed E-state index contributed by atoms with van der Waals surface area (Å²) < 4.78 is 8.77. The number of rotatable bonds is 4. The van der Waals surface area contributed by atoms with Crippen LogP contribution in [0.2, 0.25) is 0 Å². The van der Waals surface area contributed by atoms with Gasteiger partial charge in [0, 0.05) is 0 Å². The molecular formula is C7H14N2O5. The zero-order chi connectivity index (χ0) is 11.3. The lowest BCUT2D eigenvalue weighted by Gasteiger charge is -2.24. The lowest BCUT2D eigenvalue weighted by atomic mass is 10.1. The van der Waals surface area contributed by atoms with E-state index in [1.54, 1.807) is 13.8 Å². The van der Waals surface area contributed by atoms with Crippen molar-refractivity contribution < 1.29 is 24.2 Å². The highest BCUT2D eigenvalue weighted by Gasteiger charge is 2.28. The van der Waals surface area contributed by atoms with Crippen LogP contribution in [0.1, 0.15) is 13.8 Å². The minimum Gasteiger partial charge on any atom is -0.439 e. The Balaban J connectivity index is 4.32. The van der Waals surface area contributed by atoms with Crippen molar-refractivity contribution in [1.82, 2.24) is 0 Å². The summed E-state index contributed by atoms with van der Waals surface area (Å²) in [5.41, 5.74) is 9.42. The van der Waals surface area contributed by atoms with Crippen molar-refractivity contribution in [3.05, 3.63) is 0 Å². The first-order valence-electron chi connectivity index (χ1n) is 3.94. The molecule has 0 aromatic carbocycles. The van der Waals surface area contributed by atoms with Crippen LogP contribution in [0.3, 0.4) is 0 Å². The molecule has 2 amide bonds. The largest absolute Gasteiger partial charge is 0.439 e. The average Bonchev–Trinajstić information content (AvgIpc) is 1.97. The van der Waals surface area contributed by atoms with Crippen molar-refractivity contribution >= 4 is 12.2 Å². The molecule has 0 radical (unpaired) electrons. The maximum atomic E-state index is 10.4. The van der Waals surface area contributed by atoms with Gasteiger partial charge in [0.05, 0.1) is 0 Å². The fraction of sp³-hybridized carbons (Fsp3) is 0.714. The Bertz CT molecular complexity index is 218. The molecule has 82 valence electrons. The van der Waals surface area contributed by atoms with Crippen molar-refractivity contribution in [1.29, 1.82) is 0 Å². The van der Waals surface area contributed by atoms with E-state index in [1.807, 2.05) is 0 Å². The number of nitrogens with two attached hydrogens (primary N) is 2. The van der Waals surface area contributed by atoms with Gasteiger partial charge in [0.1, 0.15) is 0 Å². The Morgan fingerprint density at radius 3 is 1.86 bits per heavy atom. The van der Waals surface area contributed by atoms with Gasteiger partial charge in [-0.2, -0.15) is 0 Å². The van der Waals surface area contributed by atoms with Gasteiger partial charge in [0.15, 0.2) is 6.10 Å². The zero-order valence-electron chi connectivity index (χ0n) is 7.97. The molecule has 0 saturated carbocycles. The van der Waals surface area contributed by atoms with Crippen molar-refractivity contribution in [2.24, 2.45) is 17.4 Å². The lowest BCUT2D eigenvalue weighted by molar-refractivity contribution is -0.137. The maximum Gasteiger partial charge on any atom is 0.406 e. The summed E-state index contributed by atoms with van der Waals surface area (Å²) in [6.45, 7) is 3.31. The van der Waals surface area contributed by atoms with E-state index in [2.05, 4.69) is 15.2 Å². The first-order chi connectivity index (χ1) is 6.34. The monoisotopic (exact) mass is 206 g/mol. The van der Waals surface area contributed by atoms with Gasteiger partial charge in [-0.05, 0) is 5.92 Å². The van der Waals surface area contributed by atoms with Gasteiger partial charge in [-0.25, -0.2) is 9.59 Å². The number of aliphatic hydroxyl groups is 1. The molecular weight excluding hydrogens is 192 g/mol. The first-order valence-corrected chi connectivity index (χ1v) is 3.94. The molecule has 0 aromatic heterocycles. The molecule has 0 aliphatic carbocycles. The van der Waals surface area contributed by atoms with Crippen molar-refractivity contribution in [3.8, 4) is 0 Å². The molecule has 0 spiro atoms. The Morgan fingerprint density at radius 1 is 1.14 bits per heavy atom. The van der Waals surface area contributed by atoms with Crippen molar-refractivity contribution in [2.75, 3.05) is 0 Å². The number of hydrogen-bond donors (Lipinski definition) is 3. The SMILES string of the molecule is CC(C)C(OC(N)=O)C(O)OC(N)=O. The second-order valence-corrected chi connectivity index (χ2v) is 2.97. The smallest absolute Gasteiger partial charge is 0.406 e. The Morgan fingerprint density at radius 2 is 1.57 bits per heavy atom. The molecule has 14 heavy (non-hydrogen) atoms. The summed E-state index contributed by atoms with van der Waals surface area (Å²) in [6, 6.07) is 0. The van der Waals surface area contributed by atoms with E-state index in [9.17, 15) is 14.7 Å². The van der Waals surface area contributed by atoms with Gasteiger partial charge in [0.2, 0.25) is 6.29 Å². The first kappa shape index (κ1) is 12.5. The van der Waals surface area contributed by atoms with Crippen LogP contribution >= 0.6 is 0 Å². The molecule has 5 N–H and O–H groups in total. The Kier molecular flexibility index (Phi) is 4.71. The summed E-state index contributed by atoms with van der Waals surface area (Å²) in [7, 11) is 0. The number of carbonyl (C=O) groups is 2. The molecule has 0 heterocycles. The topological polar surface area (TPSA) is 125 Å². The van der Waals surface area contributed by atoms with Gasteiger partial charge >= 0.3 is 12.2 Å². The maximum absolute atomic E-state index is 10.4. The van der Waals surface area contributed by atoms with Gasteiger partial charge in [0.25, 0.3) is 0 Å². The Hall–Kier alpha value is -1.50. The molecule has 0 saturated heterocycles. The van der Waals surface area contributed by atoms with Crippen molar-refractivity contribution in [2.45, 2.75) is 26.2 Å². The number of amides is 2. The highest BCUT2D eigenvalue weighted by molar-refractivity contribution is 5.65. The van der Waals surface area contributed by atoms with Crippen molar-refractivity contribution in [3.63, 3.8) is 0 Å². The molecule has 0 fully saturated rings. The summed E-state index contributed by atoms with van der Waals surface area (Å²) in [5, 5.41) is 9.24. The Labute approximate surface area is 81.0 Å². The normalized spacial score (nSPS) is 14.6. The van der Waals surface area contributed by atoms with Gasteiger partial charge in [-0.3, -0.25) is 0 Å². The van der Waals surface area contributed by atoms with Gasteiger partial charge in [-0.1, -0.05) is 13.8 Å². The summed E-state index contributed by atoms with van der Waals surface area (Å²) in [6.07, 6.45) is -4.85. The summed E-state index contributed by atoms with van der Waals surface area (Å²) in [4.78, 5) is 20.7. The van der Waals surface area contributed by atoms with E-state index in [4.69, 9.17) is 5.73 Å². The summed E-state index contributed by atoms with van der Waals surface area (Å²) >= 11 is 0. The summed E-state index contributed by atoms with van der Waals surface area (Å²) in [5.74, 6) is -0.267. The minimum atomic E-state index is -1.61. The third-order valence-electron chi connectivity index (χ3n) is 1.43. The fourth-order valence-corrected chi connectivity index (χ4v) is 0.844. The quantitative estimate of drug-likeness (QED) is 0.535. The van der Waals surface area contributed by atoms with Crippen LogP contribution < -0.4 is 11.5 Å². The second kappa shape index (κ2) is 5.28. The highest BCUT2D eigenvalue weighted by Crippen LogP contribution is 2.12. The van der Waals surface area contributed by atoms with Crippen LogP contribution in [0.5, 0.6) is 0 Å². The molecule has 7 heteroatoms. The third kappa shape index (κ3) is 4.51. The number of aliphatic hydroxyl groups excluding tert-OH is 1. The lowest BCUT2D eigenvalue weighted by Crippen LogP contribution is -2.41. The molecule has 0 aliphatic heterocycles. The van der Waals surface area contributed by atoms with E-state index in [-0.39, 0.29) is 5.92 Å². The van der Waals surface area contributed by atoms with Crippen LogP contribution in [0.25, 0.3) is 0 Å². The third-order valence-corrected chi connectivity index (χ3v) is 1.43. The van der Waals surface area contributed by atoms with E-state index in [0.717, 1.165) is 0 Å². The molecule has 0 aromatic rings. The fourth-order valence-electron chi connectivity index (χ4n) is 0.844. The number of carbonyl (C=O) groups excluding carboxylic acids is 2. The molecule has 2 unspecified atom stereocenters. The van der Waals surface area contributed by atoms with Crippen LogP contribution in [0.15, 0.2) is 0 Å². The zero-order valence-corrected chi connectivity index (χ0v) is 7.97. The van der Waals surface area contributed by atoms with E-state index in [0.29, 0.717) is 0 Å². The average molecular weight is 206 g/mol. The van der Waals surface area contributed by atoms with Gasteiger partial charge < -0.3 is 26.0 Å². The molecule has 0 rings (SSSR count).